The monoisotopic (exact) mass is 236 g/mol. The van der Waals surface area contributed by atoms with E-state index in [-0.39, 0.29) is 5.41 Å². The number of allylic oxidation sites excluding steroid dienone is 1. The maximum absolute atomic E-state index is 10.3. The van der Waals surface area contributed by atoms with Crippen molar-refractivity contribution < 1.29 is 10.2 Å². The summed E-state index contributed by atoms with van der Waals surface area (Å²) in [5, 5.41) is 20.2. The highest BCUT2D eigenvalue weighted by atomic mass is 16.3. The molecule has 0 aliphatic heterocycles. The van der Waals surface area contributed by atoms with Gasteiger partial charge in [-0.25, -0.2) is 0 Å². The number of aliphatic hydroxyl groups is 2. The zero-order valence-electron chi connectivity index (χ0n) is 11.2. The summed E-state index contributed by atoms with van der Waals surface area (Å²) >= 11 is 0. The Hall–Kier alpha value is -0.600. The second-order valence-electron chi connectivity index (χ2n) is 6.18. The smallest absolute Gasteiger partial charge is 0.0892 e. The van der Waals surface area contributed by atoms with E-state index < -0.39 is 12.2 Å². The van der Waals surface area contributed by atoms with Gasteiger partial charge in [-0.05, 0) is 45.4 Å². The van der Waals surface area contributed by atoms with Crippen LogP contribution in [0.2, 0.25) is 0 Å². The average Bonchev–Trinajstić information content (AvgIpc) is 2.26. The number of rotatable bonds is 1. The first-order chi connectivity index (χ1) is 7.86. The zero-order valence-corrected chi connectivity index (χ0v) is 11.2. The fourth-order valence-electron chi connectivity index (χ4n) is 3.59. The van der Waals surface area contributed by atoms with Gasteiger partial charge in [0, 0.05) is 5.41 Å². The molecule has 4 unspecified atom stereocenters. The van der Waals surface area contributed by atoms with Crippen LogP contribution in [-0.2, 0) is 0 Å². The van der Waals surface area contributed by atoms with Crippen molar-refractivity contribution in [3.05, 3.63) is 23.3 Å². The molecule has 0 spiro atoms. The molecular weight excluding hydrogens is 212 g/mol. The molecule has 1 saturated carbocycles. The third kappa shape index (κ3) is 1.98. The maximum Gasteiger partial charge on any atom is 0.0892 e. The standard InChI is InChI=1S/C15H24O2/c1-9(2)11-5-6-15(4)12(8-11)10(3)7-13(16)14(15)17/h11,13-14,16-17H,1,5-8H2,2-4H3. The molecule has 96 valence electrons. The summed E-state index contributed by atoms with van der Waals surface area (Å²) in [6.45, 7) is 10.4. The Morgan fingerprint density at radius 1 is 1.35 bits per heavy atom. The molecule has 4 atom stereocenters. The minimum absolute atomic E-state index is 0.215. The molecule has 2 N–H and O–H groups in total. The third-order valence-corrected chi connectivity index (χ3v) is 4.90. The normalized spacial score (nSPS) is 42.3. The Morgan fingerprint density at radius 2 is 2.00 bits per heavy atom. The highest BCUT2D eigenvalue weighted by molar-refractivity contribution is 5.31. The summed E-state index contributed by atoms with van der Waals surface area (Å²) in [5.41, 5.74) is 3.67. The Bertz CT molecular complexity index is 369. The van der Waals surface area contributed by atoms with E-state index in [0.29, 0.717) is 12.3 Å². The van der Waals surface area contributed by atoms with Gasteiger partial charge in [-0.2, -0.15) is 0 Å². The summed E-state index contributed by atoms with van der Waals surface area (Å²) in [6.07, 6.45) is 2.47. The number of fused-ring (bicyclic) bond motifs is 1. The SMILES string of the molecule is C=C(C)C1CCC2(C)C(=C(C)CC(O)C2O)C1. The molecule has 0 aromatic heterocycles. The van der Waals surface area contributed by atoms with Crippen molar-refractivity contribution in [1.29, 1.82) is 0 Å². The molecule has 0 bridgehead atoms. The van der Waals surface area contributed by atoms with Crippen LogP contribution in [0.5, 0.6) is 0 Å². The van der Waals surface area contributed by atoms with Gasteiger partial charge in [0.25, 0.3) is 0 Å². The van der Waals surface area contributed by atoms with E-state index in [1.165, 1.54) is 16.7 Å². The number of aliphatic hydroxyl groups excluding tert-OH is 2. The predicted molar refractivity (Wildman–Crippen MR) is 69.6 cm³/mol. The second kappa shape index (κ2) is 4.25. The minimum Gasteiger partial charge on any atom is -0.390 e. The first-order valence-electron chi connectivity index (χ1n) is 6.57. The second-order valence-corrected chi connectivity index (χ2v) is 6.18. The van der Waals surface area contributed by atoms with Gasteiger partial charge >= 0.3 is 0 Å². The minimum atomic E-state index is -0.604. The predicted octanol–water partition coefficient (Wildman–Crippen LogP) is 2.81. The molecule has 0 saturated heterocycles. The topological polar surface area (TPSA) is 40.5 Å². The highest BCUT2D eigenvalue weighted by Gasteiger charge is 2.47. The van der Waals surface area contributed by atoms with Gasteiger partial charge in [-0.15, -0.1) is 0 Å². The molecule has 2 rings (SSSR count). The molecule has 2 heteroatoms. The Kier molecular flexibility index (Phi) is 3.21. The summed E-state index contributed by atoms with van der Waals surface area (Å²) in [6, 6.07) is 0. The Morgan fingerprint density at radius 3 is 2.59 bits per heavy atom. The lowest BCUT2D eigenvalue weighted by Crippen LogP contribution is -2.48. The van der Waals surface area contributed by atoms with Crippen LogP contribution in [0.25, 0.3) is 0 Å². The van der Waals surface area contributed by atoms with E-state index in [9.17, 15) is 10.2 Å². The Labute approximate surface area is 104 Å². The summed E-state index contributed by atoms with van der Waals surface area (Å²) < 4.78 is 0. The first kappa shape index (κ1) is 12.8. The largest absolute Gasteiger partial charge is 0.390 e. The molecule has 0 amide bonds. The van der Waals surface area contributed by atoms with Gasteiger partial charge in [0.1, 0.15) is 0 Å². The first-order valence-corrected chi connectivity index (χ1v) is 6.57. The molecule has 1 fully saturated rings. The van der Waals surface area contributed by atoms with Crippen LogP contribution in [0.3, 0.4) is 0 Å². The fraction of sp³-hybridized carbons (Fsp3) is 0.733. The molecule has 0 heterocycles. The van der Waals surface area contributed by atoms with Crippen molar-refractivity contribution in [3.63, 3.8) is 0 Å². The van der Waals surface area contributed by atoms with Crippen molar-refractivity contribution in [2.45, 2.75) is 58.7 Å². The number of hydrogen-bond acceptors (Lipinski definition) is 2. The molecule has 0 radical (unpaired) electrons. The third-order valence-electron chi connectivity index (χ3n) is 4.90. The molecule has 0 aromatic carbocycles. The van der Waals surface area contributed by atoms with Gasteiger partial charge in [-0.1, -0.05) is 30.2 Å². The van der Waals surface area contributed by atoms with Gasteiger partial charge in [0.15, 0.2) is 0 Å². The van der Waals surface area contributed by atoms with Crippen LogP contribution in [-0.4, -0.2) is 22.4 Å². The summed E-state index contributed by atoms with van der Waals surface area (Å²) in [7, 11) is 0. The lowest BCUT2D eigenvalue weighted by atomic mass is 9.59. The van der Waals surface area contributed by atoms with Crippen LogP contribution < -0.4 is 0 Å². The quantitative estimate of drug-likeness (QED) is 0.687. The van der Waals surface area contributed by atoms with E-state index >= 15 is 0 Å². The lowest BCUT2D eigenvalue weighted by molar-refractivity contribution is -0.0639. The van der Waals surface area contributed by atoms with E-state index in [1.54, 1.807) is 0 Å². The van der Waals surface area contributed by atoms with Crippen LogP contribution >= 0.6 is 0 Å². The lowest BCUT2D eigenvalue weighted by Gasteiger charge is -2.49. The Balaban J connectivity index is 2.35. The summed E-state index contributed by atoms with van der Waals surface area (Å²) in [4.78, 5) is 0. The molecule has 2 nitrogen and oxygen atoms in total. The van der Waals surface area contributed by atoms with Crippen molar-refractivity contribution in [2.24, 2.45) is 11.3 Å². The molecular formula is C15H24O2. The van der Waals surface area contributed by atoms with Crippen molar-refractivity contribution in [2.75, 3.05) is 0 Å². The van der Waals surface area contributed by atoms with Crippen molar-refractivity contribution >= 4 is 0 Å². The van der Waals surface area contributed by atoms with Crippen molar-refractivity contribution in [1.82, 2.24) is 0 Å². The van der Waals surface area contributed by atoms with Gasteiger partial charge in [-0.3, -0.25) is 0 Å². The van der Waals surface area contributed by atoms with E-state index in [0.717, 1.165) is 19.3 Å². The highest BCUT2D eigenvalue weighted by Crippen LogP contribution is 2.52. The van der Waals surface area contributed by atoms with E-state index in [1.807, 2.05) is 0 Å². The van der Waals surface area contributed by atoms with Crippen LogP contribution in [0, 0.1) is 11.3 Å². The van der Waals surface area contributed by atoms with Gasteiger partial charge < -0.3 is 10.2 Å². The van der Waals surface area contributed by atoms with E-state index in [4.69, 9.17) is 0 Å². The van der Waals surface area contributed by atoms with Gasteiger partial charge in [0.2, 0.25) is 0 Å². The zero-order chi connectivity index (χ0) is 12.8. The molecule has 17 heavy (non-hydrogen) atoms. The van der Waals surface area contributed by atoms with Crippen LogP contribution in [0.1, 0.15) is 46.5 Å². The molecule has 2 aliphatic rings. The fourth-order valence-corrected chi connectivity index (χ4v) is 3.59. The summed E-state index contributed by atoms with van der Waals surface area (Å²) in [5.74, 6) is 0.551. The molecule has 0 aromatic rings. The van der Waals surface area contributed by atoms with Crippen LogP contribution in [0.4, 0.5) is 0 Å². The van der Waals surface area contributed by atoms with E-state index in [2.05, 4.69) is 27.4 Å². The van der Waals surface area contributed by atoms with Crippen LogP contribution in [0.15, 0.2) is 23.3 Å². The molecule has 2 aliphatic carbocycles. The average molecular weight is 236 g/mol. The maximum atomic E-state index is 10.3. The van der Waals surface area contributed by atoms with Gasteiger partial charge in [0.05, 0.1) is 12.2 Å². The number of hydrogen-bond donors (Lipinski definition) is 2. The van der Waals surface area contributed by atoms with Crippen molar-refractivity contribution in [3.8, 4) is 0 Å².